The monoisotopic (exact) mass is 538 g/mol. The zero-order valence-corrected chi connectivity index (χ0v) is 24.0. The van der Waals surface area contributed by atoms with Crippen molar-refractivity contribution >= 4 is 22.0 Å². The van der Waals surface area contributed by atoms with Gasteiger partial charge in [0.15, 0.2) is 0 Å². The molecule has 204 valence electrons. The fraction of sp³-hybridized carbons (Fsp3) is 0.367. The van der Waals surface area contributed by atoms with Gasteiger partial charge in [-0.15, -0.1) is 0 Å². The highest BCUT2D eigenvalue weighted by Crippen LogP contribution is 2.43. The number of methoxy groups -OCH3 is 1. The summed E-state index contributed by atoms with van der Waals surface area (Å²) in [4.78, 5) is 12.7. The van der Waals surface area contributed by atoms with E-state index < -0.39 is 27.1 Å². The molecule has 0 aliphatic carbocycles. The minimum absolute atomic E-state index is 0.0218. The summed E-state index contributed by atoms with van der Waals surface area (Å²) in [6.07, 6.45) is -1.59. The van der Waals surface area contributed by atoms with Crippen molar-refractivity contribution in [1.29, 1.82) is 0 Å². The highest BCUT2D eigenvalue weighted by Gasteiger charge is 2.38. The Labute approximate surface area is 226 Å². The van der Waals surface area contributed by atoms with Gasteiger partial charge in [-0.25, -0.2) is 4.79 Å². The van der Waals surface area contributed by atoms with Crippen LogP contribution in [-0.2, 0) is 21.0 Å². The Morgan fingerprint density at radius 3 is 1.63 bits per heavy atom. The molecular weight excluding hydrogens is 500 g/mol. The van der Waals surface area contributed by atoms with Crippen LogP contribution in [0.2, 0.25) is 0 Å². The van der Waals surface area contributed by atoms with Gasteiger partial charge in [0.25, 0.3) is 0 Å². The molecule has 2 N–H and O–H groups in total. The van der Waals surface area contributed by atoms with Crippen molar-refractivity contribution < 1.29 is 23.1 Å². The SMILES string of the molecule is COc1cc(C(C)(C)C)c(N(C(=O)O)S(=O)(=O)NCC(c2ccccc2)c2ccccc2)c(C(C)(C)C)c1. The van der Waals surface area contributed by atoms with Crippen LogP contribution in [0.3, 0.4) is 0 Å². The number of rotatable bonds is 8. The van der Waals surface area contributed by atoms with E-state index >= 15 is 0 Å². The van der Waals surface area contributed by atoms with Gasteiger partial charge in [-0.05, 0) is 45.2 Å². The summed E-state index contributed by atoms with van der Waals surface area (Å²) >= 11 is 0. The van der Waals surface area contributed by atoms with Gasteiger partial charge in [-0.2, -0.15) is 17.4 Å². The normalized spacial score (nSPS) is 12.4. The number of benzene rings is 3. The van der Waals surface area contributed by atoms with Crippen LogP contribution in [-0.4, -0.2) is 33.3 Å². The standard InChI is InChI=1S/C30H38N2O5S/c1-29(2,3)25-18-23(37-7)19-26(30(4,5)6)27(25)32(28(33)34)38(35,36)31-20-24(21-14-10-8-11-15-21)22-16-12-9-13-17-22/h8-19,24,31H,20H2,1-7H3,(H,33,34). The molecule has 3 aromatic rings. The third kappa shape index (κ3) is 6.55. The van der Waals surface area contributed by atoms with Crippen molar-refractivity contribution in [2.45, 2.75) is 58.3 Å². The number of anilines is 1. The molecule has 0 radical (unpaired) electrons. The second-order valence-corrected chi connectivity index (χ2v) is 12.9. The summed E-state index contributed by atoms with van der Waals surface area (Å²) in [5.74, 6) is 0.218. The first kappa shape index (κ1) is 29.2. The summed E-state index contributed by atoms with van der Waals surface area (Å²) in [7, 11) is -2.99. The topological polar surface area (TPSA) is 95.9 Å². The van der Waals surface area contributed by atoms with Crippen LogP contribution in [0.1, 0.15) is 69.7 Å². The third-order valence-electron chi connectivity index (χ3n) is 6.43. The molecule has 8 heteroatoms. The van der Waals surface area contributed by atoms with E-state index in [-0.39, 0.29) is 18.2 Å². The van der Waals surface area contributed by atoms with Crippen molar-refractivity contribution in [3.05, 3.63) is 95.1 Å². The van der Waals surface area contributed by atoms with E-state index in [2.05, 4.69) is 4.72 Å². The molecule has 38 heavy (non-hydrogen) atoms. The van der Waals surface area contributed by atoms with Crippen LogP contribution in [0.4, 0.5) is 10.5 Å². The number of hydrogen-bond donors (Lipinski definition) is 2. The lowest BCUT2D eigenvalue weighted by molar-refractivity contribution is 0.206. The summed E-state index contributed by atoms with van der Waals surface area (Å²) in [6, 6.07) is 22.5. The Bertz CT molecular complexity index is 1280. The molecule has 0 heterocycles. The summed E-state index contributed by atoms with van der Waals surface area (Å²) in [5, 5.41) is 10.3. The second-order valence-electron chi connectivity index (χ2n) is 11.3. The molecule has 0 saturated carbocycles. The molecule has 3 aromatic carbocycles. The zero-order chi connectivity index (χ0) is 28.3. The van der Waals surface area contributed by atoms with Gasteiger partial charge in [0.05, 0.1) is 12.8 Å². The van der Waals surface area contributed by atoms with E-state index in [0.717, 1.165) is 11.1 Å². The first-order chi connectivity index (χ1) is 17.7. The fourth-order valence-electron chi connectivity index (χ4n) is 4.46. The average Bonchev–Trinajstić information content (AvgIpc) is 2.83. The van der Waals surface area contributed by atoms with Gasteiger partial charge in [0.2, 0.25) is 0 Å². The van der Waals surface area contributed by atoms with Crippen LogP contribution in [0.15, 0.2) is 72.8 Å². The van der Waals surface area contributed by atoms with Crippen LogP contribution in [0, 0.1) is 0 Å². The molecule has 3 rings (SSSR count). The fourth-order valence-corrected chi connectivity index (χ4v) is 5.61. The predicted molar refractivity (Wildman–Crippen MR) is 153 cm³/mol. The Hall–Kier alpha value is -3.36. The Morgan fingerprint density at radius 2 is 1.29 bits per heavy atom. The van der Waals surface area contributed by atoms with Crippen molar-refractivity contribution in [1.82, 2.24) is 4.72 Å². The number of nitrogens with one attached hydrogen (secondary N) is 1. The molecule has 7 nitrogen and oxygen atoms in total. The molecular formula is C30H38N2O5S. The zero-order valence-electron chi connectivity index (χ0n) is 23.1. The minimum Gasteiger partial charge on any atom is -0.497 e. The van der Waals surface area contributed by atoms with Gasteiger partial charge >= 0.3 is 16.3 Å². The van der Waals surface area contributed by atoms with Gasteiger partial charge < -0.3 is 9.84 Å². The minimum atomic E-state index is -4.53. The Kier molecular flexibility index (Phi) is 8.58. The largest absolute Gasteiger partial charge is 0.497 e. The van der Waals surface area contributed by atoms with Crippen molar-refractivity contribution in [2.75, 3.05) is 18.0 Å². The molecule has 0 bridgehead atoms. The smallest absolute Gasteiger partial charge is 0.426 e. The first-order valence-electron chi connectivity index (χ1n) is 12.5. The number of ether oxygens (including phenoxy) is 1. The highest BCUT2D eigenvalue weighted by molar-refractivity contribution is 7.91. The molecule has 0 aromatic heterocycles. The van der Waals surface area contributed by atoms with E-state index in [1.807, 2.05) is 102 Å². The molecule has 0 fully saturated rings. The number of carboxylic acid groups (broad SMARTS) is 1. The van der Waals surface area contributed by atoms with E-state index in [0.29, 0.717) is 21.2 Å². The van der Waals surface area contributed by atoms with E-state index in [9.17, 15) is 18.3 Å². The number of amides is 1. The lowest BCUT2D eigenvalue weighted by Gasteiger charge is -2.34. The lowest BCUT2D eigenvalue weighted by Crippen LogP contribution is -2.47. The van der Waals surface area contributed by atoms with Gasteiger partial charge in [0.1, 0.15) is 5.75 Å². The molecule has 0 spiro atoms. The maximum Gasteiger partial charge on any atom is 0.426 e. The molecule has 0 saturated heterocycles. The predicted octanol–water partition coefficient (Wildman–Crippen LogP) is 6.44. The summed E-state index contributed by atoms with van der Waals surface area (Å²) in [5.41, 5.74) is 1.90. The molecule has 0 aliphatic heterocycles. The van der Waals surface area contributed by atoms with Gasteiger partial charge in [0, 0.05) is 12.5 Å². The molecule has 0 aliphatic rings. The van der Waals surface area contributed by atoms with E-state index in [1.54, 1.807) is 12.1 Å². The van der Waals surface area contributed by atoms with Crippen molar-refractivity contribution in [2.24, 2.45) is 0 Å². The highest BCUT2D eigenvalue weighted by atomic mass is 32.2. The Balaban J connectivity index is 2.15. The molecule has 0 unspecified atom stereocenters. The van der Waals surface area contributed by atoms with Crippen LogP contribution >= 0.6 is 0 Å². The maximum atomic E-state index is 13.9. The van der Waals surface area contributed by atoms with Gasteiger partial charge in [-0.3, -0.25) is 0 Å². The molecule has 0 atom stereocenters. The van der Waals surface area contributed by atoms with Crippen LogP contribution < -0.4 is 13.8 Å². The summed E-state index contributed by atoms with van der Waals surface area (Å²) < 4.78 is 36.3. The first-order valence-corrected chi connectivity index (χ1v) is 14.0. The number of hydrogen-bond acceptors (Lipinski definition) is 4. The van der Waals surface area contributed by atoms with E-state index in [4.69, 9.17) is 4.74 Å². The van der Waals surface area contributed by atoms with Gasteiger partial charge in [-0.1, -0.05) is 102 Å². The van der Waals surface area contributed by atoms with Crippen LogP contribution in [0.5, 0.6) is 5.75 Å². The third-order valence-corrected chi connectivity index (χ3v) is 7.78. The number of nitrogens with zero attached hydrogens (tertiary/aromatic N) is 1. The maximum absolute atomic E-state index is 13.9. The Morgan fingerprint density at radius 1 is 0.868 bits per heavy atom. The van der Waals surface area contributed by atoms with E-state index in [1.165, 1.54) is 7.11 Å². The van der Waals surface area contributed by atoms with Crippen molar-refractivity contribution in [3.63, 3.8) is 0 Å². The second kappa shape index (κ2) is 11.2. The number of carbonyl (C=O) groups is 1. The molecule has 1 amide bonds. The average molecular weight is 539 g/mol. The lowest BCUT2D eigenvalue weighted by atomic mass is 9.78. The van der Waals surface area contributed by atoms with Crippen LogP contribution in [0.25, 0.3) is 0 Å². The quantitative estimate of drug-likeness (QED) is 0.344. The van der Waals surface area contributed by atoms with Crippen molar-refractivity contribution in [3.8, 4) is 5.75 Å². The summed E-state index contributed by atoms with van der Waals surface area (Å²) in [6.45, 7) is 11.5.